The van der Waals surface area contributed by atoms with Crippen LogP contribution in [0.3, 0.4) is 0 Å². The van der Waals surface area contributed by atoms with Gasteiger partial charge in [0.15, 0.2) is 6.10 Å². The number of unbranched alkanes of at least 4 members (excludes halogenated alkanes) is 37. The van der Waals surface area contributed by atoms with Crippen LogP contribution in [0.25, 0.3) is 0 Å². The first kappa shape index (κ1) is 72.8. The van der Waals surface area contributed by atoms with Gasteiger partial charge < -0.3 is 14.2 Å². The molecule has 0 saturated heterocycles. The SMILES string of the molecule is CC/C=C\C/C=C\C/C=C\C/C=C\C/C=C\C/C=C\CCCCCCCCCCC(=O)OCC(COC(=O)CCCCCCCCCCCCCCC)OC(=O)CCCCCCCCCCCCCCCCCCCC. The van der Waals surface area contributed by atoms with Crippen molar-refractivity contribution in [3.8, 4) is 0 Å². The Labute approximate surface area is 472 Å². The van der Waals surface area contributed by atoms with E-state index in [-0.39, 0.29) is 31.1 Å². The van der Waals surface area contributed by atoms with Gasteiger partial charge in [0.1, 0.15) is 13.2 Å². The minimum absolute atomic E-state index is 0.0726. The van der Waals surface area contributed by atoms with E-state index >= 15 is 0 Å². The van der Waals surface area contributed by atoms with Crippen LogP contribution < -0.4 is 0 Å². The lowest BCUT2D eigenvalue weighted by molar-refractivity contribution is -0.167. The monoisotopic (exact) mass is 1060 g/mol. The fourth-order valence-electron chi connectivity index (χ4n) is 9.57. The Morgan fingerprint density at radius 3 is 0.803 bits per heavy atom. The van der Waals surface area contributed by atoms with Crippen LogP contribution in [0, 0.1) is 0 Å². The molecule has 0 aromatic heterocycles. The summed E-state index contributed by atoms with van der Waals surface area (Å²) < 4.78 is 16.9. The topological polar surface area (TPSA) is 78.9 Å². The van der Waals surface area contributed by atoms with Gasteiger partial charge in [-0.1, -0.05) is 318 Å². The molecule has 0 aromatic carbocycles. The summed E-state index contributed by atoms with van der Waals surface area (Å²) in [6, 6.07) is 0. The van der Waals surface area contributed by atoms with Crippen LogP contribution in [0.1, 0.15) is 335 Å². The molecule has 0 aliphatic carbocycles. The smallest absolute Gasteiger partial charge is 0.306 e. The Bertz CT molecular complexity index is 1400. The quantitative estimate of drug-likeness (QED) is 0.0261. The summed E-state index contributed by atoms with van der Waals surface area (Å²) in [5, 5.41) is 0. The molecule has 0 spiro atoms. The minimum atomic E-state index is -0.776. The standard InChI is InChI=1S/C70H124O6/c1-4-7-10-13-16-19-22-25-27-29-31-32-33-34-35-36-37-38-39-41-42-45-48-51-54-57-60-63-69(72)75-66-67(65-74-68(71)62-59-56-53-50-47-44-24-21-18-15-12-9-6-3)76-70(73)64-61-58-55-52-49-46-43-40-30-28-26-23-20-17-14-11-8-5-2/h7,10,16,19,25,27,31-32,34-35,37-38,67H,4-6,8-9,11-15,17-18,20-24,26,28-30,33,36,39-66H2,1-3H3/b10-7-,19-16-,27-25-,32-31-,35-34-,38-37-. The Balaban J connectivity index is 4.29. The molecule has 0 amide bonds. The third-order valence-electron chi connectivity index (χ3n) is 14.5. The molecule has 0 aromatic rings. The second-order valence-electron chi connectivity index (χ2n) is 22.0. The van der Waals surface area contributed by atoms with Crippen molar-refractivity contribution in [3.05, 3.63) is 72.9 Å². The number of carbonyl (C=O) groups excluding carboxylic acids is 3. The molecule has 1 atom stereocenters. The van der Waals surface area contributed by atoms with Crippen LogP contribution >= 0.6 is 0 Å². The lowest BCUT2D eigenvalue weighted by Gasteiger charge is -2.18. The normalized spacial score (nSPS) is 12.5. The predicted octanol–water partition coefficient (Wildman–Crippen LogP) is 22.5. The van der Waals surface area contributed by atoms with Crippen molar-refractivity contribution in [2.24, 2.45) is 0 Å². The van der Waals surface area contributed by atoms with Gasteiger partial charge in [-0.2, -0.15) is 0 Å². The summed E-state index contributed by atoms with van der Waals surface area (Å²) in [6.45, 7) is 6.57. The maximum absolute atomic E-state index is 12.9. The highest BCUT2D eigenvalue weighted by Crippen LogP contribution is 2.17. The highest BCUT2D eigenvalue weighted by molar-refractivity contribution is 5.71. The fourth-order valence-corrected chi connectivity index (χ4v) is 9.57. The van der Waals surface area contributed by atoms with Gasteiger partial charge in [-0.3, -0.25) is 14.4 Å². The molecule has 6 heteroatoms. The molecule has 0 N–H and O–H groups in total. The molecule has 0 bridgehead atoms. The van der Waals surface area contributed by atoms with E-state index in [0.717, 1.165) is 103 Å². The fraction of sp³-hybridized carbons (Fsp3) is 0.786. The highest BCUT2D eigenvalue weighted by Gasteiger charge is 2.19. The molecule has 0 heterocycles. The van der Waals surface area contributed by atoms with Gasteiger partial charge in [0, 0.05) is 19.3 Å². The molecule has 0 saturated carbocycles. The molecule has 0 aliphatic rings. The average molecular weight is 1060 g/mol. The Hall–Kier alpha value is -3.15. The van der Waals surface area contributed by atoms with Crippen LogP contribution in [0.4, 0.5) is 0 Å². The van der Waals surface area contributed by atoms with Crippen molar-refractivity contribution in [2.75, 3.05) is 13.2 Å². The molecule has 0 fully saturated rings. The summed E-state index contributed by atoms with van der Waals surface area (Å²) in [5.41, 5.74) is 0. The van der Waals surface area contributed by atoms with Crippen molar-refractivity contribution < 1.29 is 28.6 Å². The van der Waals surface area contributed by atoms with E-state index in [0.29, 0.717) is 19.3 Å². The highest BCUT2D eigenvalue weighted by atomic mass is 16.6. The summed E-state index contributed by atoms with van der Waals surface area (Å²) in [6.07, 6.45) is 83.4. The molecular weight excluding hydrogens is 937 g/mol. The number of hydrogen-bond acceptors (Lipinski definition) is 6. The van der Waals surface area contributed by atoms with E-state index in [2.05, 4.69) is 93.7 Å². The lowest BCUT2D eigenvalue weighted by Crippen LogP contribution is -2.30. The lowest BCUT2D eigenvalue weighted by atomic mass is 10.0. The number of ether oxygens (including phenoxy) is 3. The van der Waals surface area contributed by atoms with E-state index in [9.17, 15) is 14.4 Å². The number of hydrogen-bond donors (Lipinski definition) is 0. The molecule has 0 rings (SSSR count). The zero-order valence-corrected chi connectivity index (χ0v) is 50.5. The number of esters is 3. The van der Waals surface area contributed by atoms with Crippen molar-refractivity contribution >= 4 is 17.9 Å². The molecule has 0 radical (unpaired) electrons. The van der Waals surface area contributed by atoms with E-state index in [4.69, 9.17) is 14.2 Å². The molecule has 440 valence electrons. The molecule has 6 nitrogen and oxygen atoms in total. The second-order valence-corrected chi connectivity index (χ2v) is 22.0. The number of rotatable bonds is 60. The van der Waals surface area contributed by atoms with Crippen molar-refractivity contribution in [1.29, 1.82) is 0 Å². The maximum atomic E-state index is 12.9. The number of carbonyl (C=O) groups is 3. The molecular formula is C70H124O6. The predicted molar refractivity (Wildman–Crippen MR) is 330 cm³/mol. The van der Waals surface area contributed by atoms with E-state index in [1.807, 2.05) is 0 Å². The first-order chi connectivity index (χ1) is 37.5. The minimum Gasteiger partial charge on any atom is -0.462 e. The van der Waals surface area contributed by atoms with Gasteiger partial charge >= 0.3 is 17.9 Å². The zero-order valence-electron chi connectivity index (χ0n) is 50.5. The average Bonchev–Trinajstić information content (AvgIpc) is 3.42. The molecule has 76 heavy (non-hydrogen) atoms. The summed E-state index contributed by atoms with van der Waals surface area (Å²) in [5.74, 6) is -0.861. The Kier molecular flexibility index (Phi) is 61.7. The van der Waals surface area contributed by atoms with Gasteiger partial charge in [-0.05, 0) is 70.6 Å². The second kappa shape index (κ2) is 64.4. The van der Waals surface area contributed by atoms with Crippen LogP contribution in [0.15, 0.2) is 72.9 Å². The van der Waals surface area contributed by atoms with Crippen LogP contribution in [0.5, 0.6) is 0 Å². The Morgan fingerprint density at radius 1 is 0.276 bits per heavy atom. The van der Waals surface area contributed by atoms with Gasteiger partial charge in [0.2, 0.25) is 0 Å². The Morgan fingerprint density at radius 2 is 0.513 bits per heavy atom. The maximum Gasteiger partial charge on any atom is 0.306 e. The van der Waals surface area contributed by atoms with Gasteiger partial charge in [0.05, 0.1) is 0 Å². The van der Waals surface area contributed by atoms with Crippen LogP contribution in [0.2, 0.25) is 0 Å². The summed E-state index contributed by atoms with van der Waals surface area (Å²) in [4.78, 5) is 38.3. The molecule has 1 unspecified atom stereocenters. The first-order valence-electron chi connectivity index (χ1n) is 32.9. The third-order valence-corrected chi connectivity index (χ3v) is 14.5. The van der Waals surface area contributed by atoms with Gasteiger partial charge in [0.25, 0.3) is 0 Å². The zero-order chi connectivity index (χ0) is 55.0. The first-order valence-corrected chi connectivity index (χ1v) is 32.9. The summed E-state index contributed by atoms with van der Waals surface area (Å²) in [7, 11) is 0. The van der Waals surface area contributed by atoms with Gasteiger partial charge in [-0.25, -0.2) is 0 Å². The van der Waals surface area contributed by atoms with Crippen LogP contribution in [-0.4, -0.2) is 37.2 Å². The van der Waals surface area contributed by atoms with Crippen molar-refractivity contribution in [2.45, 2.75) is 341 Å². The number of allylic oxidation sites excluding steroid dienone is 12. The van der Waals surface area contributed by atoms with E-state index in [1.165, 1.54) is 193 Å². The van der Waals surface area contributed by atoms with E-state index < -0.39 is 6.10 Å². The van der Waals surface area contributed by atoms with Crippen molar-refractivity contribution in [3.63, 3.8) is 0 Å². The van der Waals surface area contributed by atoms with Crippen molar-refractivity contribution in [1.82, 2.24) is 0 Å². The van der Waals surface area contributed by atoms with Crippen LogP contribution in [-0.2, 0) is 28.6 Å². The summed E-state index contributed by atoms with van der Waals surface area (Å²) >= 11 is 0. The molecule has 0 aliphatic heterocycles. The largest absolute Gasteiger partial charge is 0.462 e. The third kappa shape index (κ3) is 61.7. The van der Waals surface area contributed by atoms with E-state index in [1.54, 1.807) is 0 Å². The van der Waals surface area contributed by atoms with Gasteiger partial charge in [-0.15, -0.1) is 0 Å².